The summed E-state index contributed by atoms with van der Waals surface area (Å²) in [6.07, 6.45) is 2.74. The summed E-state index contributed by atoms with van der Waals surface area (Å²) in [5, 5.41) is 3.46. The maximum Gasteiger partial charge on any atom is 0.0587 e. The smallest absolute Gasteiger partial charge is 0.0587 e. The van der Waals surface area contributed by atoms with E-state index in [9.17, 15) is 0 Å². The first-order valence-corrected chi connectivity index (χ1v) is 6.62. The summed E-state index contributed by atoms with van der Waals surface area (Å²) in [6.45, 7) is 11.1. The molecule has 0 bridgehead atoms. The number of hydrogen-bond donors (Lipinski definition) is 1. The van der Waals surface area contributed by atoms with Crippen LogP contribution in [0.3, 0.4) is 0 Å². The van der Waals surface area contributed by atoms with Crippen molar-refractivity contribution in [2.45, 2.75) is 45.7 Å². The molecule has 1 saturated heterocycles. The van der Waals surface area contributed by atoms with Crippen molar-refractivity contribution >= 4 is 0 Å². The van der Waals surface area contributed by atoms with Gasteiger partial charge in [0.1, 0.15) is 0 Å². The van der Waals surface area contributed by atoms with Gasteiger partial charge in [0, 0.05) is 32.3 Å². The van der Waals surface area contributed by atoms with Crippen molar-refractivity contribution < 1.29 is 4.74 Å². The van der Waals surface area contributed by atoms with E-state index in [0.29, 0.717) is 6.04 Å². The Morgan fingerprint density at radius 1 is 1.38 bits per heavy atom. The molecule has 1 fully saturated rings. The molecule has 3 heteroatoms. The summed E-state index contributed by atoms with van der Waals surface area (Å²) in [5.74, 6) is 0.781. The predicted octanol–water partition coefficient (Wildman–Crippen LogP) is 1.73. The van der Waals surface area contributed by atoms with Crippen molar-refractivity contribution in [3.05, 3.63) is 0 Å². The highest BCUT2D eigenvalue weighted by molar-refractivity contribution is 4.85. The van der Waals surface area contributed by atoms with Gasteiger partial charge in [-0.1, -0.05) is 13.8 Å². The van der Waals surface area contributed by atoms with Gasteiger partial charge < -0.3 is 10.1 Å². The van der Waals surface area contributed by atoms with Crippen molar-refractivity contribution in [2.75, 3.05) is 33.4 Å². The third-order valence-corrected chi connectivity index (χ3v) is 3.60. The van der Waals surface area contributed by atoms with Crippen LogP contribution >= 0.6 is 0 Å². The minimum Gasteiger partial charge on any atom is -0.383 e. The highest BCUT2D eigenvalue weighted by Crippen LogP contribution is 2.25. The van der Waals surface area contributed by atoms with Gasteiger partial charge in [-0.05, 0) is 32.2 Å². The summed E-state index contributed by atoms with van der Waals surface area (Å²) < 4.78 is 5.03. The summed E-state index contributed by atoms with van der Waals surface area (Å²) in [5.41, 5.74) is 0. The van der Waals surface area contributed by atoms with Crippen LogP contribution in [0.2, 0.25) is 0 Å². The zero-order valence-corrected chi connectivity index (χ0v) is 11.3. The number of ether oxygens (including phenoxy) is 1. The fourth-order valence-corrected chi connectivity index (χ4v) is 2.68. The Morgan fingerprint density at radius 2 is 2.12 bits per heavy atom. The number of nitrogens with zero attached hydrogens (tertiary/aromatic N) is 1. The second-order valence-electron chi connectivity index (χ2n) is 5.24. The van der Waals surface area contributed by atoms with E-state index >= 15 is 0 Å². The number of hydrogen-bond acceptors (Lipinski definition) is 3. The van der Waals surface area contributed by atoms with Crippen molar-refractivity contribution in [2.24, 2.45) is 5.92 Å². The van der Waals surface area contributed by atoms with E-state index in [2.05, 4.69) is 31.0 Å². The third-order valence-electron chi connectivity index (χ3n) is 3.60. The zero-order valence-electron chi connectivity index (χ0n) is 11.3. The van der Waals surface area contributed by atoms with Gasteiger partial charge in [0.2, 0.25) is 0 Å². The van der Waals surface area contributed by atoms with Crippen LogP contribution < -0.4 is 5.32 Å². The van der Waals surface area contributed by atoms with Crippen LogP contribution in [-0.2, 0) is 4.74 Å². The Bertz CT molecular complexity index is 185. The van der Waals surface area contributed by atoms with Gasteiger partial charge in [0.25, 0.3) is 0 Å². The summed E-state index contributed by atoms with van der Waals surface area (Å²) >= 11 is 0. The highest BCUT2D eigenvalue weighted by Gasteiger charge is 2.29. The SMILES string of the molecule is COCCNCC(C)N1CCCC1C(C)C. The Kier molecular flexibility index (Phi) is 6.32. The standard InChI is InChI=1S/C13H28N2O/c1-11(2)13-6-5-8-15(13)12(3)10-14-7-9-16-4/h11-14H,5-10H2,1-4H3. The van der Waals surface area contributed by atoms with Gasteiger partial charge in [-0.3, -0.25) is 4.90 Å². The lowest BCUT2D eigenvalue weighted by molar-refractivity contribution is 0.148. The number of methoxy groups -OCH3 is 1. The molecule has 0 saturated carbocycles. The van der Waals surface area contributed by atoms with E-state index in [0.717, 1.165) is 31.7 Å². The molecule has 2 unspecified atom stereocenters. The van der Waals surface area contributed by atoms with Crippen molar-refractivity contribution in [3.63, 3.8) is 0 Å². The van der Waals surface area contributed by atoms with Crippen LogP contribution in [0, 0.1) is 5.92 Å². The number of rotatable bonds is 7. The lowest BCUT2D eigenvalue weighted by atomic mass is 10.0. The lowest BCUT2D eigenvalue weighted by Gasteiger charge is -2.33. The molecule has 0 aromatic carbocycles. The number of nitrogens with one attached hydrogen (secondary N) is 1. The fraction of sp³-hybridized carbons (Fsp3) is 1.00. The molecule has 96 valence electrons. The molecule has 0 spiro atoms. The molecular weight excluding hydrogens is 200 g/mol. The van der Waals surface area contributed by atoms with Gasteiger partial charge in [0.15, 0.2) is 0 Å². The van der Waals surface area contributed by atoms with E-state index in [1.165, 1.54) is 19.4 Å². The molecule has 0 aromatic rings. The minimum absolute atomic E-state index is 0.645. The van der Waals surface area contributed by atoms with Gasteiger partial charge in [0.05, 0.1) is 6.61 Å². The first-order valence-electron chi connectivity index (χ1n) is 6.62. The van der Waals surface area contributed by atoms with Crippen LogP contribution in [0.4, 0.5) is 0 Å². The second-order valence-corrected chi connectivity index (χ2v) is 5.24. The Morgan fingerprint density at radius 3 is 2.75 bits per heavy atom. The van der Waals surface area contributed by atoms with Crippen molar-refractivity contribution in [3.8, 4) is 0 Å². The van der Waals surface area contributed by atoms with E-state index in [1.807, 2.05) is 0 Å². The molecule has 1 rings (SSSR count). The second kappa shape index (κ2) is 7.25. The molecule has 1 N–H and O–H groups in total. The van der Waals surface area contributed by atoms with E-state index in [4.69, 9.17) is 4.74 Å². The molecule has 1 heterocycles. The average Bonchev–Trinajstić information content (AvgIpc) is 2.73. The van der Waals surface area contributed by atoms with Crippen molar-refractivity contribution in [1.82, 2.24) is 10.2 Å². The fourth-order valence-electron chi connectivity index (χ4n) is 2.68. The molecule has 0 aromatic heterocycles. The maximum absolute atomic E-state index is 5.03. The molecule has 2 atom stereocenters. The molecular formula is C13H28N2O. The first kappa shape index (κ1) is 13.9. The Balaban J connectivity index is 2.26. The maximum atomic E-state index is 5.03. The summed E-state index contributed by atoms with van der Waals surface area (Å²) in [4.78, 5) is 2.67. The largest absolute Gasteiger partial charge is 0.383 e. The average molecular weight is 228 g/mol. The monoisotopic (exact) mass is 228 g/mol. The molecule has 0 aliphatic carbocycles. The predicted molar refractivity (Wildman–Crippen MR) is 68.8 cm³/mol. The molecule has 0 amide bonds. The van der Waals surface area contributed by atoms with Gasteiger partial charge in [-0.15, -0.1) is 0 Å². The quantitative estimate of drug-likeness (QED) is 0.672. The van der Waals surface area contributed by atoms with E-state index in [-0.39, 0.29) is 0 Å². The summed E-state index contributed by atoms with van der Waals surface area (Å²) in [6, 6.07) is 1.44. The molecule has 3 nitrogen and oxygen atoms in total. The zero-order chi connectivity index (χ0) is 12.0. The molecule has 1 aliphatic rings. The Hall–Kier alpha value is -0.120. The van der Waals surface area contributed by atoms with E-state index in [1.54, 1.807) is 7.11 Å². The highest BCUT2D eigenvalue weighted by atomic mass is 16.5. The summed E-state index contributed by atoms with van der Waals surface area (Å²) in [7, 11) is 1.75. The minimum atomic E-state index is 0.645. The molecule has 1 aliphatic heterocycles. The molecule has 16 heavy (non-hydrogen) atoms. The molecule has 0 radical (unpaired) electrons. The van der Waals surface area contributed by atoms with Crippen LogP contribution in [0.5, 0.6) is 0 Å². The van der Waals surface area contributed by atoms with Crippen LogP contribution in [0.25, 0.3) is 0 Å². The van der Waals surface area contributed by atoms with Gasteiger partial charge in [-0.25, -0.2) is 0 Å². The van der Waals surface area contributed by atoms with Gasteiger partial charge in [-0.2, -0.15) is 0 Å². The van der Waals surface area contributed by atoms with Crippen molar-refractivity contribution in [1.29, 1.82) is 0 Å². The van der Waals surface area contributed by atoms with Crippen LogP contribution in [0.15, 0.2) is 0 Å². The van der Waals surface area contributed by atoms with Crippen LogP contribution in [-0.4, -0.2) is 50.3 Å². The first-order chi connectivity index (χ1) is 7.66. The van der Waals surface area contributed by atoms with Crippen LogP contribution in [0.1, 0.15) is 33.6 Å². The van der Waals surface area contributed by atoms with E-state index < -0.39 is 0 Å². The normalized spacial score (nSPS) is 24.2. The third kappa shape index (κ3) is 4.04. The van der Waals surface area contributed by atoms with Gasteiger partial charge >= 0.3 is 0 Å². The Labute approximate surface area is 101 Å². The topological polar surface area (TPSA) is 24.5 Å². The lowest BCUT2D eigenvalue weighted by Crippen LogP contribution is -2.45. The number of likely N-dealkylation sites (tertiary alicyclic amines) is 1.